The number of carboxylic acid groups (broad SMARTS) is 1. The number of ether oxygens (including phenoxy) is 2. The van der Waals surface area contributed by atoms with Crippen molar-refractivity contribution < 1.29 is 29.0 Å². The lowest BCUT2D eigenvalue weighted by Gasteiger charge is -2.31. The Hall–Kier alpha value is -2.77. The van der Waals surface area contributed by atoms with Crippen molar-refractivity contribution in [3.8, 4) is 11.5 Å². The molecule has 0 saturated carbocycles. The number of carbonyl (C=O) groups is 3. The van der Waals surface area contributed by atoms with Crippen LogP contribution in [0.25, 0.3) is 0 Å². The zero-order valence-electron chi connectivity index (χ0n) is 14.6. The first-order valence-corrected chi connectivity index (χ1v) is 8.62. The van der Waals surface area contributed by atoms with Gasteiger partial charge in [0.25, 0.3) is 5.91 Å². The summed E-state index contributed by atoms with van der Waals surface area (Å²) in [6.07, 6.45) is 0.881. The van der Waals surface area contributed by atoms with E-state index in [-0.39, 0.29) is 18.4 Å². The zero-order chi connectivity index (χ0) is 18.7. The van der Waals surface area contributed by atoms with Crippen molar-refractivity contribution >= 4 is 17.8 Å². The van der Waals surface area contributed by atoms with Crippen molar-refractivity contribution in [1.82, 2.24) is 9.80 Å². The normalized spacial score (nSPS) is 16.9. The van der Waals surface area contributed by atoms with E-state index in [2.05, 4.69) is 0 Å². The van der Waals surface area contributed by atoms with Crippen LogP contribution in [0.4, 0.5) is 0 Å². The fourth-order valence-electron chi connectivity index (χ4n) is 3.20. The number of benzene rings is 1. The van der Waals surface area contributed by atoms with Gasteiger partial charge >= 0.3 is 5.97 Å². The molecular weight excluding hydrogens is 340 g/mol. The lowest BCUT2D eigenvalue weighted by molar-refractivity contribution is -0.145. The molecule has 2 heterocycles. The third kappa shape index (κ3) is 3.74. The first-order valence-electron chi connectivity index (χ1n) is 8.62. The maximum atomic E-state index is 12.7. The second-order valence-corrected chi connectivity index (χ2v) is 6.48. The third-order valence-corrected chi connectivity index (χ3v) is 4.71. The number of aliphatic carboxylic acids is 1. The van der Waals surface area contributed by atoms with Crippen LogP contribution in [0.2, 0.25) is 0 Å². The molecule has 8 heteroatoms. The molecule has 0 spiro atoms. The van der Waals surface area contributed by atoms with Gasteiger partial charge in [0.1, 0.15) is 13.2 Å². The van der Waals surface area contributed by atoms with Gasteiger partial charge in [-0.05, 0) is 25.0 Å². The Labute approximate surface area is 151 Å². The highest BCUT2D eigenvalue weighted by Gasteiger charge is 2.29. The van der Waals surface area contributed by atoms with Gasteiger partial charge in [-0.15, -0.1) is 0 Å². The predicted molar refractivity (Wildman–Crippen MR) is 91.3 cm³/mol. The minimum Gasteiger partial charge on any atom is -0.486 e. The molecule has 1 aromatic rings. The maximum Gasteiger partial charge on any atom is 0.306 e. The second-order valence-electron chi connectivity index (χ2n) is 6.48. The van der Waals surface area contributed by atoms with Crippen LogP contribution in [0.5, 0.6) is 11.5 Å². The summed E-state index contributed by atoms with van der Waals surface area (Å²) >= 11 is 0. The molecule has 26 heavy (non-hydrogen) atoms. The average molecular weight is 362 g/mol. The average Bonchev–Trinajstić information content (AvgIpc) is 2.66. The summed E-state index contributed by atoms with van der Waals surface area (Å²) in [6.45, 7) is 1.54. The van der Waals surface area contributed by atoms with Gasteiger partial charge in [0.15, 0.2) is 11.5 Å². The molecule has 1 fully saturated rings. The number of hydrogen-bond acceptors (Lipinski definition) is 5. The van der Waals surface area contributed by atoms with Gasteiger partial charge in [-0.2, -0.15) is 0 Å². The Bertz CT molecular complexity index is 712. The monoisotopic (exact) mass is 362 g/mol. The lowest BCUT2D eigenvalue weighted by Crippen LogP contribution is -2.45. The Balaban J connectivity index is 1.61. The highest BCUT2D eigenvalue weighted by molar-refractivity contribution is 5.99. The topological polar surface area (TPSA) is 96.4 Å². The van der Waals surface area contributed by atoms with E-state index in [1.807, 2.05) is 0 Å². The number of fused-ring (bicyclic) bond motifs is 1. The minimum absolute atomic E-state index is 0.0684. The van der Waals surface area contributed by atoms with Gasteiger partial charge in [0.2, 0.25) is 5.91 Å². The van der Waals surface area contributed by atoms with E-state index in [1.165, 1.54) is 4.90 Å². The minimum atomic E-state index is -0.819. The number of hydrogen-bond donors (Lipinski definition) is 1. The van der Waals surface area contributed by atoms with Crippen molar-refractivity contribution in [2.24, 2.45) is 5.92 Å². The maximum absolute atomic E-state index is 12.7. The number of para-hydroxylation sites is 1. The van der Waals surface area contributed by atoms with Crippen LogP contribution in [0, 0.1) is 5.92 Å². The van der Waals surface area contributed by atoms with Crippen molar-refractivity contribution in [3.05, 3.63) is 23.8 Å². The van der Waals surface area contributed by atoms with E-state index in [0.29, 0.717) is 56.2 Å². The Kier molecular flexibility index (Phi) is 5.29. The van der Waals surface area contributed by atoms with Crippen LogP contribution >= 0.6 is 0 Å². The summed E-state index contributed by atoms with van der Waals surface area (Å²) in [6, 6.07) is 5.10. The van der Waals surface area contributed by atoms with Gasteiger partial charge in [-0.25, -0.2) is 0 Å². The molecule has 2 aliphatic rings. The summed E-state index contributed by atoms with van der Waals surface area (Å²) in [5.74, 6) is -0.789. The predicted octanol–water partition coefficient (Wildman–Crippen LogP) is 0.853. The van der Waals surface area contributed by atoms with Crippen LogP contribution in [0.3, 0.4) is 0 Å². The molecule has 0 atom stereocenters. The van der Waals surface area contributed by atoms with E-state index in [9.17, 15) is 14.4 Å². The van der Waals surface area contributed by atoms with Crippen LogP contribution in [0.1, 0.15) is 23.2 Å². The first kappa shape index (κ1) is 18.0. The molecule has 2 amide bonds. The number of piperidine rings is 1. The van der Waals surface area contributed by atoms with Gasteiger partial charge < -0.3 is 24.4 Å². The summed E-state index contributed by atoms with van der Waals surface area (Å²) in [5.41, 5.74) is 0.363. The van der Waals surface area contributed by atoms with Crippen molar-refractivity contribution in [3.63, 3.8) is 0 Å². The number of likely N-dealkylation sites (tertiary alicyclic amines) is 1. The van der Waals surface area contributed by atoms with E-state index < -0.39 is 11.9 Å². The molecule has 3 rings (SSSR count). The third-order valence-electron chi connectivity index (χ3n) is 4.71. The number of carboxylic acids is 1. The van der Waals surface area contributed by atoms with E-state index in [0.717, 1.165) is 0 Å². The Morgan fingerprint density at radius 2 is 1.88 bits per heavy atom. The molecule has 1 N–H and O–H groups in total. The number of nitrogens with zero attached hydrogens (tertiary/aromatic N) is 2. The van der Waals surface area contributed by atoms with Gasteiger partial charge in [0.05, 0.1) is 18.0 Å². The highest BCUT2D eigenvalue weighted by Crippen LogP contribution is 2.34. The molecule has 140 valence electrons. The Morgan fingerprint density at radius 1 is 1.19 bits per heavy atom. The zero-order valence-corrected chi connectivity index (χ0v) is 14.6. The fraction of sp³-hybridized carbons (Fsp3) is 0.500. The largest absolute Gasteiger partial charge is 0.486 e. The molecule has 0 radical (unpaired) electrons. The van der Waals surface area contributed by atoms with E-state index in [1.54, 1.807) is 30.1 Å². The first-order chi connectivity index (χ1) is 12.5. The van der Waals surface area contributed by atoms with E-state index in [4.69, 9.17) is 14.6 Å². The van der Waals surface area contributed by atoms with E-state index >= 15 is 0 Å². The molecule has 2 aliphatic heterocycles. The molecule has 0 bridgehead atoms. The Morgan fingerprint density at radius 3 is 2.58 bits per heavy atom. The summed E-state index contributed by atoms with van der Waals surface area (Å²) < 4.78 is 11.0. The molecule has 8 nitrogen and oxygen atoms in total. The second kappa shape index (κ2) is 7.63. The molecule has 0 aliphatic carbocycles. The van der Waals surface area contributed by atoms with Crippen molar-refractivity contribution in [1.29, 1.82) is 0 Å². The molecule has 1 saturated heterocycles. The number of amides is 2. The lowest BCUT2D eigenvalue weighted by atomic mass is 9.97. The van der Waals surface area contributed by atoms with Crippen molar-refractivity contribution in [2.75, 3.05) is 39.9 Å². The van der Waals surface area contributed by atoms with Crippen molar-refractivity contribution in [2.45, 2.75) is 12.8 Å². The van der Waals surface area contributed by atoms with Crippen LogP contribution in [-0.4, -0.2) is 72.6 Å². The number of carbonyl (C=O) groups excluding carboxylic acids is 2. The summed E-state index contributed by atoms with van der Waals surface area (Å²) in [7, 11) is 1.56. The standard InChI is InChI=1S/C18H22N2O6/c1-19(11-15(21)20-7-5-12(6-8-20)18(23)24)17(22)13-3-2-4-14-16(13)26-10-9-25-14/h2-4,12H,5-11H2,1H3,(H,23,24). The smallest absolute Gasteiger partial charge is 0.306 e. The molecular formula is C18H22N2O6. The SMILES string of the molecule is CN(CC(=O)N1CCC(C(=O)O)CC1)C(=O)c1cccc2c1OCCO2. The number of likely N-dealkylation sites (N-methyl/N-ethyl adjacent to an activating group) is 1. The summed E-state index contributed by atoms with van der Waals surface area (Å²) in [5, 5.41) is 9.03. The molecule has 0 aromatic heterocycles. The van der Waals surface area contributed by atoms with Gasteiger partial charge in [-0.1, -0.05) is 6.07 Å². The van der Waals surface area contributed by atoms with Crippen LogP contribution in [0.15, 0.2) is 18.2 Å². The van der Waals surface area contributed by atoms with Crippen LogP contribution in [-0.2, 0) is 9.59 Å². The fourth-order valence-corrected chi connectivity index (χ4v) is 3.20. The van der Waals surface area contributed by atoms with Gasteiger partial charge in [-0.3, -0.25) is 14.4 Å². The molecule has 0 unspecified atom stereocenters. The van der Waals surface area contributed by atoms with Crippen LogP contribution < -0.4 is 9.47 Å². The molecule has 1 aromatic carbocycles. The summed E-state index contributed by atoms with van der Waals surface area (Å²) in [4.78, 5) is 39.1. The highest BCUT2D eigenvalue weighted by atomic mass is 16.6. The number of rotatable bonds is 4. The quantitative estimate of drug-likeness (QED) is 0.853. The van der Waals surface area contributed by atoms with Gasteiger partial charge in [0, 0.05) is 20.1 Å².